The monoisotopic (exact) mass is 459 g/mol. The molecule has 0 aliphatic carbocycles. The maximum atomic E-state index is 12.3. The van der Waals surface area contributed by atoms with E-state index in [4.69, 9.17) is 10.8 Å². The maximum Gasteiger partial charge on any atom is 0.335 e. The van der Waals surface area contributed by atoms with Gasteiger partial charge in [0.25, 0.3) is 11.6 Å². The number of carboxylic acid groups (broad SMARTS) is 1. The van der Waals surface area contributed by atoms with Gasteiger partial charge < -0.3 is 16.2 Å². The van der Waals surface area contributed by atoms with E-state index in [1.54, 1.807) is 47.1 Å². The molecular weight excluding hydrogens is 438 g/mol. The number of carboxylic acids is 1. The molecule has 34 heavy (non-hydrogen) atoms. The van der Waals surface area contributed by atoms with E-state index in [0.29, 0.717) is 52.9 Å². The second kappa shape index (κ2) is 9.51. The largest absolute Gasteiger partial charge is 0.478 e. The van der Waals surface area contributed by atoms with Crippen LogP contribution in [0, 0.1) is 10.1 Å². The van der Waals surface area contributed by atoms with E-state index in [1.165, 1.54) is 24.3 Å². The van der Waals surface area contributed by atoms with Crippen LogP contribution in [0.15, 0.2) is 66.7 Å². The van der Waals surface area contributed by atoms with Gasteiger partial charge >= 0.3 is 5.97 Å². The molecule has 0 unspecified atom stereocenters. The third kappa shape index (κ3) is 4.48. The highest BCUT2D eigenvalue weighted by Gasteiger charge is 2.18. The molecule has 0 aliphatic heterocycles. The highest BCUT2D eigenvalue weighted by atomic mass is 16.6. The average molecular weight is 459 g/mol. The zero-order valence-corrected chi connectivity index (χ0v) is 18.0. The summed E-state index contributed by atoms with van der Waals surface area (Å²) in [5, 5.41) is 28.5. The number of aromatic nitrogens is 2. The summed E-state index contributed by atoms with van der Waals surface area (Å²) in [6.07, 6.45) is 0.680. The Balaban J connectivity index is 1.77. The predicted molar refractivity (Wildman–Crippen MR) is 126 cm³/mol. The summed E-state index contributed by atoms with van der Waals surface area (Å²) < 4.78 is 1.60. The number of nitro groups is 1. The number of carbonyl (C=O) groups excluding carboxylic acids is 1. The van der Waals surface area contributed by atoms with Crippen molar-refractivity contribution in [2.75, 3.05) is 13.1 Å². The SMILES string of the molecule is NCCCNC(=O)c1ccc(-c2nn(-c3ccc(C(=O)O)cc3)c3ccc([N+](=O)[O-])cc23)cc1. The van der Waals surface area contributed by atoms with Crippen molar-refractivity contribution in [3.05, 3.63) is 88.0 Å². The first-order valence-corrected chi connectivity index (χ1v) is 10.5. The van der Waals surface area contributed by atoms with Gasteiger partial charge in [-0.1, -0.05) is 12.1 Å². The predicted octanol–water partition coefficient (Wildman–Crippen LogP) is 3.38. The van der Waals surface area contributed by atoms with Gasteiger partial charge in [0.15, 0.2) is 0 Å². The van der Waals surface area contributed by atoms with E-state index in [-0.39, 0.29) is 17.2 Å². The number of rotatable bonds is 8. The normalized spacial score (nSPS) is 10.9. The van der Waals surface area contributed by atoms with E-state index < -0.39 is 10.9 Å². The Bertz CT molecular complexity index is 1380. The third-order valence-corrected chi connectivity index (χ3v) is 5.32. The molecule has 0 bridgehead atoms. The lowest BCUT2D eigenvalue weighted by Gasteiger charge is -2.05. The Kier molecular flexibility index (Phi) is 6.33. The Morgan fingerprint density at radius 1 is 1.03 bits per heavy atom. The Hall–Kier alpha value is -4.57. The molecule has 172 valence electrons. The Morgan fingerprint density at radius 2 is 1.71 bits per heavy atom. The molecule has 0 spiro atoms. The van der Waals surface area contributed by atoms with E-state index in [9.17, 15) is 19.7 Å². The lowest BCUT2D eigenvalue weighted by Crippen LogP contribution is -2.25. The average Bonchev–Trinajstić information content (AvgIpc) is 3.23. The minimum absolute atomic E-state index is 0.0783. The van der Waals surface area contributed by atoms with Crippen LogP contribution in [0.25, 0.3) is 27.8 Å². The summed E-state index contributed by atoms with van der Waals surface area (Å²) >= 11 is 0. The van der Waals surface area contributed by atoms with Gasteiger partial charge in [-0.15, -0.1) is 0 Å². The van der Waals surface area contributed by atoms with Crippen molar-refractivity contribution in [2.24, 2.45) is 5.73 Å². The van der Waals surface area contributed by atoms with Crippen molar-refractivity contribution in [3.8, 4) is 16.9 Å². The van der Waals surface area contributed by atoms with Gasteiger partial charge in [-0.25, -0.2) is 9.48 Å². The van der Waals surface area contributed by atoms with Crippen LogP contribution in [0.3, 0.4) is 0 Å². The summed E-state index contributed by atoms with van der Waals surface area (Å²) in [4.78, 5) is 34.3. The van der Waals surface area contributed by atoms with E-state index in [0.717, 1.165) is 0 Å². The number of nitrogens with zero attached hydrogens (tertiary/aromatic N) is 3. The molecule has 4 rings (SSSR count). The molecular formula is C24H21N5O5. The van der Waals surface area contributed by atoms with Gasteiger partial charge in [-0.2, -0.15) is 5.10 Å². The number of amides is 1. The molecule has 1 heterocycles. The summed E-state index contributed by atoms with van der Waals surface area (Å²) in [5.74, 6) is -1.26. The molecule has 0 fully saturated rings. The van der Waals surface area contributed by atoms with Crippen molar-refractivity contribution in [3.63, 3.8) is 0 Å². The van der Waals surface area contributed by atoms with Crippen LogP contribution >= 0.6 is 0 Å². The standard InChI is InChI=1S/C24H21N5O5/c25-12-1-13-26-23(30)16-4-2-15(3-5-16)22-20-14-19(29(33)34)10-11-21(20)28(27-22)18-8-6-17(7-9-18)24(31)32/h2-11,14H,1,12-13,25H2,(H,26,30)(H,31,32). The lowest BCUT2D eigenvalue weighted by atomic mass is 10.0. The smallest absolute Gasteiger partial charge is 0.335 e. The summed E-state index contributed by atoms with van der Waals surface area (Å²) in [7, 11) is 0. The van der Waals surface area contributed by atoms with Crippen molar-refractivity contribution in [1.29, 1.82) is 0 Å². The van der Waals surface area contributed by atoms with Crippen LogP contribution in [-0.2, 0) is 0 Å². The second-order valence-corrected chi connectivity index (χ2v) is 7.55. The number of nitrogens with one attached hydrogen (secondary N) is 1. The first-order chi connectivity index (χ1) is 16.4. The summed E-state index contributed by atoms with van der Waals surface area (Å²) in [6, 6.07) is 17.4. The molecule has 0 atom stereocenters. The lowest BCUT2D eigenvalue weighted by molar-refractivity contribution is -0.384. The molecule has 4 N–H and O–H groups in total. The minimum atomic E-state index is -1.04. The van der Waals surface area contributed by atoms with Gasteiger partial charge in [0.1, 0.15) is 5.69 Å². The van der Waals surface area contributed by atoms with Crippen molar-refractivity contribution < 1.29 is 19.6 Å². The topological polar surface area (TPSA) is 153 Å². The van der Waals surface area contributed by atoms with Gasteiger partial charge in [-0.05, 0) is 55.4 Å². The van der Waals surface area contributed by atoms with E-state index in [2.05, 4.69) is 10.4 Å². The van der Waals surface area contributed by atoms with Gasteiger partial charge in [-0.3, -0.25) is 14.9 Å². The molecule has 0 aliphatic rings. The van der Waals surface area contributed by atoms with Gasteiger partial charge in [0.2, 0.25) is 0 Å². The molecule has 3 aromatic carbocycles. The number of nitrogens with two attached hydrogens (primary N) is 1. The maximum absolute atomic E-state index is 12.3. The van der Waals surface area contributed by atoms with Gasteiger partial charge in [0.05, 0.1) is 21.7 Å². The van der Waals surface area contributed by atoms with Crippen LogP contribution in [0.5, 0.6) is 0 Å². The zero-order valence-electron chi connectivity index (χ0n) is 18.0. The van der Waals surface area contributed by atoms with Crippen LogP contribution in [0.4, 0.5) is 5.69 Å². The van der Waals surface area contributed by atoms with Crippen LogP contribution in [-0.4, -0.2) is 44.8 Å². The summed E-state index contributed by atoms with van der Waals surface area (Å²) in [5.41, 5.74) is 8.37. The minimum Gasteiger partial charge on any atom is -0.478 e. The molecule has 0 saturated carbocycles. The molecule has 1 amide bonds. The molecule has 0 radical (unpaired) electrons. The number of carbonyl (C=O) groups is 2. The van der Waals surface area contributed by atoms with Crippen LogP contribution in [0.1, 0.15) is 27.1 Å². The molecule has 1 aromatic heterocycles. The number of aromatic carboxylic acids is 1. The third-order valence-electron chi connectivity index (χ3n) is 5.32. The number of benzene rings is 3. The summed E-state index contributed by atoms with van der Waals surface area (Å²) in [6.45, 7) is 0.969. The Labute approximate surface area is 193 Å². The molecule has 10 heteroatoms. The highest BCUT2D eigenvalue weighted by Crippen LogP contribution is 2.32. The molecule has 0 saturated heterocycles. The van der Waals surface area contributed by atoms with Crippen molar-refractivity contribution in [1.82, 2.24) is 15.1 Å². The number of nitro benzene ring substituents is 1. The fourth-order valence-corrected chi connectivity index (χ4v) is 3.56. The highest BCUT2D eigenvalue weighted by molar-refractivity contribution is 5.98. The molecule has 4 aromatic rings. The van der Waals surface area contributed by atoms with E-state index >= 15 is 0 Å². The van der Waals surface area contributed by atoms with Crippen molar-refractivity contribution in [2.45, 2.75) is 6.42 Å². The number of hydrogen-bond donors (Lipinski definition) is 3. The zero-order chi connectivity index (χ0) is 24.2. The second-order valence-electron chi connectivity index (χ2n) is 7.55. The fraction of sp³-hybridized carbons (Fsp3) is 0.125. The van der Waals surface area contributed by atoms with Crippen LogP contribution in [0.2, 0.25) is 0 Å². The number of fused-ring (bicyclic) bond motifs is 1. The first kappa shape index (κ1) is 22.6. The van der Waals surface area contributed by atoms with E-state index in [1.807, 2.05) is 0 Å². The van der Waals surface area contributed by atoms with Gasteiger partial charge in [0, 0.05) is 35.2 Å². The quantitative estimate of drug-likeness (QED) is 0.207. The van der Waals surface area contributed by atoms with Crippen LogP contribution < -0.4 is 11.1 Å². The number of hydrogen-bond acceptors (Lipinski definition) is 6. The Morgan fingerprint density at radius 3 is 2.32 bits per heavy atom. The fourth-order valence-electron chi connectivity index (χ4n) is 3.56. The molecule has 10 nitrogen and oxygen atoms in total. The first-order valence-electron chi connectivity index (χ1n) is 10.5. The number of non-ortho nitro benzene ring substituents is 1. The van der Waals surface area contributed by atoms with Crippen molar-refractivity contribution >= 4 is 28.5 Å².